The molecule has 0 unspecified atom stereocenters. The van der Waals surface area contributed by atoms with E-state index >= 15 is 0 Å². The molecule has 0 aliphatic carbocycles. The summed E-state index contributed by atoms with van der Waals surface area (Å²) in [4.78, 5) is 16.5. The molecule has 4 aromatic rings. The van der Waals surface area contributed by atoms with Crippen molar-refractivity contribution < 1.29 is 13.9 Å². The second-order valence-electron chi connectivity index (χ2n) is 6.92. The van der Waals surface area contributed by atoms with Gasteiger partial charge in [-0.05, 0) is 49.2 Å². The zero-order chi connectivity index (χ0) is 21.3. The summed E-state index contributed by atoms with van der Waals surface area (Å²) in [5.74, 6) is -0.316. The van der Waals surface area contributed by atoms with Crippen molar-refractivity contribution in [2.45, 2.75) is 25.7 Å². The second kappa shape index (κ2) is 8.28. The summed E-state index contributed by atoms with van der Waals surface area (Å²) in [6.45, 7) is 5.39. The van der Waals surface area contributed by atoms with Crippen molar-refractivity contribution in [3.8, 4) is 22.4 Å². The van der Waals surface area contributed by atoms with Gasteiger partial charge in [-0.1, -0.05) is 36.0 Å². The number of nitrogens with zero attached hydrogens (tertiary/aromatic N) is 3. The maximum Gasteiger partial charge on any atom is 0.303 e. The van der Waals surface area contributed by atoms with Gasteiger partial charge >= 0.3 is 5.97 Å². The van der Waals surface area contributed by atoms with E-state index in [2.05, 4.69) is 4.98 Å². The fourth-order valence-electron chi connectivity index (χ4n) is 3.15. The third-order valence-corrected chi connectivity index (χ3v) is 5.72. The minimum atomic E-state index is -0.300. The molecule has 0 saturated carbocycles. The van der Waals surface area contributed by atoms with Gasteiger partial charge in [0.15, 0.2) is 5.65 Å². The van der Waals surface area contributed by atoms with Gasteiger partial charge in [-0.15, -0.1) is 0 Å². The number of carbonyl (C=O) groups is 1. The van der Waals surface area contributed by atoms with E-state index in [4.69, 9.17) is 9.84 Å². The molecule has 0 amide bonds. The number of hydrogen-bond donors (Lipinski definition) is 0. The number of hydrogen-bond acceptors (Lipinski definition) is 5. The maximum atomic E-state index is 13.5. The zero-order valence-corrected chi connectivity index (χ0v) is 17.7. The van der Waals surface area contributed by atoms with Gasteiger partial charge in [0.2, 0.25) is 0 Å². The molecule has 0 radical (unpaired) electrons. The third kappa shape index (κ3) is 3.93. The van der Waals surface area contributed by atoms with Crippen LogP contribution in [-0.2, 0) is 9.53 Å². The van der Waals surface area contributed by atoms with E-state index < -0.39 is 0 Å². The Hall–Kier alpha value is -3.19. The quantitative estimate of drug-likeness (QED) is 0.244. The molecule has 0 spiro atoms. The van der Waals surface area contributed by atoms with E-state index in [1.165, 1.54) is 30.8 Å². The first kappa shape index (κ1) is 20.1. The first-order valence-corrected chi connectivity index (χ1v) is 10.4. The molecule has 0 saturated heterocycles. The minimum Gasteiger partial charge on any atom is -0.454 e. The molecule has 0 bridgehead atoms. The number of benzene rings is 2. The van der Waals surface area contributed by atoms with Crippen molar-refractivity contribution in [1.29, 1.82) is 0 Å². The second-order valence-corrected chi connectivity index (χ2v) is 7.91. The Morgan fingerprint density at radius 1 is 1.07 bits per heavy atom. The number of aromatic nitrogens is 3. The zero-order valence-electron chi connectivity index (χ0n) is 16.8. The molecule has 0 N–H and O–H groups in total. The van der Waals surface area contributed by atoms with Gasteiger partial charge < -0.3 is 4.74 Å². The van der Waals surface area contributed by atoms with Gasteiger partial charge in [0.1, 0.15) is 17.5 Å². The van der Waals surface area contributed by atoms with E-state index in [9.17, 15) is 9.18 Å². The number of rotatable bonds is 5. The molecule has 0 fully saturated rings. The molecular weight excluding hydrogens is 401 g/mol. The summed E-state index contributed by atoms with van der Waals surface area (Å²) < 4.78 is 20.3. The van der Waals surface area contributed by atoms with Gasteiger partial charge in [0, 0.05) is 29.3 Å². The molecule has 2 aromatic carbocycles. The first-order valence-electron chi connectivity index (χ1n) is 9.41. The van der Waals surface area contributed by atoms with Crippen LogP contribution in [0, 0.1) is 19.7 Å². The van der Waals surface area contributed by atoms with Gasteiger partial charge in [-0.2, -0.15) is 5.10 Å². The molecule has 5 nitrogen and oxygen atoms in total. The number of ether oxygens (including phenoxy) is 1. The summed E-state index contributed by atoms with van der Waals surface area (Å²) in [5, 5.41) is 4.84. The van der Waals surface area contributed by atoms with E-state index in [-0.39, 0.29) is 17.7 Å². The fraction of sp³-hybridized carbons (Fsp3) is 0.174. The normalized spacial score (nSPS) is 11.1. The largest absolute Gasteiger partial charge is 0.454 e. The van der Waals surface area contributed by atoms with Crippen LogP contribution in [0.4, 0.5) is 4.39 Å². The Labute approximate surface area is 177 Å². The summed E-state index contributed by atoms with van der Waals surface area (Å²) in [7, 11) is 0. The summed E-state index contributed by atoms with van der Waals surface area (Å²) in [6.07, 6.45) is 1.83. The van der Waals surface area contributed by atoms with Crippen LogP contribution in [0.3, 0.4) is 0 Å². The SMILES string of the molecule is CC(=O)OCSc1ccc(-c2nn3c(C)c(C)cnc3c2-c2ccc(F)cc2)cc1. The van der Waals surface area contributed by atoms with Crippen molar-refractivity contribution in [1.82, 2.24) is 14.6 Å². The van der Waals surface area contributed by atoms with Crippen molar-refractivity contribution in [3.63, 3.8) is 0 Å². The summed E-state index contributed by atoms with van der Waals surface area (Å²) >= 11 is 1.44. The van der Waals surface area contributed by atoms with Crippen LogP contribution in [0.1, 0.15) is 18.2 Å². The van der Waals surface area contributed by atoms with Gasteiger partial charge in [0.05, 0.1) is 5.56 Å². The van der Waals surface area contributed by atoms with Crippen LogP contribution in [0.25, 0.3) is 28.0 Å². The number of aryl methyl sites for hydroxylation is 2. The highest BCUT2D eigenvalue weighted by molar-refractivity contribution is 7.99. The topological polar surface area (TPSA) is 56.5 Å². The Morgan fingerprint density at radius 3 is 2.40 bits per heavy atom. The lowest BCUT2D eigenvalue weighted by Crippen LogP contribution is -1.98. The lowest BCUT2D eigenvalue weighted by atomic mass is 10.0. The van der Waals surface area contributed by atoms with Gasteiger partial charge in [-0.3, -0.25) is 4.79 Å². The third-order valence-electron chi connectivity index (χ3n) is 4.88. The Kier molecular flexibility index (Phi) is 5.55. The molecule has 0 aliphatic rings. The standard InChI is InChI=1S/C23H20FN3O2S/c1-14-12-25-23-21(17-4-8-19(24)9-5-17)22(26-27(23)15(14)2)18-6-10-20(11-7-18)30-13-29-16(3)28/h4-12H,13H2,1-3H3. The van der Waals surface area contributed by atoms with Gasteiger partial charge in [0.25, 0.3) is 0 Å². The fourth-order valence-corrected chi connectivity index (χ4v) is 3.84. The monoisotopic (exact) mass is 421 g/mol. The predicted octanol–water partition coefficient (Wildman–Crippen LogP) is 5.43. The highest BCUT2D eigenvalue weighted by atomic mass is 32.2. The molecule has 7 heteroatoms. The van der Waals surface area contributed by atoms with Crippen molar-refractivity contribution >= 4 is 23.4 Å². The summed E-state index contributed by atoms with van der Waals surface area (Å²) in [6, 6.07) is 14.3. The van der Waals surface area contributed by atoms with Gasteiger partial charge in [-0.25, -0.2) is 13.9 Å². The maximum absolute atomic E-state index is 13.5. The predicted molar refractivity (Wildman–Crippen MR) is 116 cm³/mol. The summed E-state index contributed by atoms with van der Waals surface area (Å²) in [5.41, 5.74) is 6.19. The van der Waals surface area contributed by atoms with Crippen LogP contribution in [-0.4, -0.2) is 26.5 Å². The molecule has 0 aliphatic heterocycles. The average molecular weight is 421 g/mol. The Bertz CT molecular complexity index is 1220. The number of fused-ring (bicyclic) bond motifs is 1. The average Bonchev–Trinajstić information content (AvgIpc) is 3.12. The van der Waals surface area contributed by atoms with E-state index in [0.717, 1.165) is 44.2 Å². The Balaban J connectivity index is 1.80. The molecule has 30 heavy (non-hydrogen) atoms. The van der Waals surface area contributed by atoms with Crippen LogP contribution in [0.5, 0.6) is 0 Å². The van der Waals surface area contributed by atoms with Crippen LogP contribution >= 0.6 is 11.8 Å². The highest BCUT2D eigenvalue weighted by Crippen LogP contribution is 2.36. The minimum absolute atomic E-state index is 0.270. The van der Waals surface area contributed by atoms with E-state index in [0.29, 0.717) is 0 Å². The van der Waals surface area contributed by atoms with Crippen molar-refractivity contribution in [2.24, 2.45) is 0 Å². The molecule has 2 aromatic heterocycles. The highest BCUT2D eigenvalue weighted by Gasteiger charge is 2.19. The molecule has 2 heterocycles. The lowest BCUT2D eigenvalue weighted by molar-refractivity contribution is -0.138. The molecular formula is C23H20FN3O2S. The van der Waals surface area contributed by atoms with Crippen molar-refractivity contribution in [3.05, 3.63) is 71.8 Å². The Morgan fingerprint density at radius 2 is 1.73 bits per heavy atom. The van der Waals surface area contributed by atoms with Crippen LogP contribution in [0.15, 0.2) is 59.6 Å². The lowest BCUT2D eigenvalue weighted by Gasteiger charge is -2.06. The first-order chi connectivity index (χ1) is 14.4. The van der Waals surface area contributed by atoms with Crippen molar-refractivity contribution in [2.75, 3.05) is 5.94 Å². The molecule has 152 valence electrons. The van der Waals surface area contributed by atoms with E-state index in [1.54, 1.807) is 12.1 Å². The smallest absolute Gasteiger partial charge is 0.303 e. The number of halogens is 1. The number of thioether (sulfide) groups is 1. The van der Waals surface area contributed by atoms with Crippen LogP contribution in [0.2, 0.25) is 0 Å². The van der Waals surface area contributed by atoms with E-state index in [1.807, 2.05) is 48.8 Å². The molecule has 0 atom stereocenters. The number of esters is 1. The molecule has 4 rings (SSSR count). The number of carbonyl (C=O) groups excluding carboxylic acids is 1. The van der Waals surface area contributed by atoms with Crippen LogP contribution < -0.4 is 0 Å².